The number of nitrogens with zero attached hydrogens (tertiary/aromatic N) is 3. The number of nitrogens with one attached hydrogen (secondary N) is 2. The van der Waals surface area contributed by atoms with Crippen molar-refractivity contribution in [3.63, 3.8) is 0 Å². The van der Waals surface area contributed by atoms with E-state index in [9.17, 15) is 10.1 Å². The fourth-order valence-corrected chi connectivity index (χ4v) is 1.77. The van der Waals surface area contributed by atoms with Gasteiger partial charge in [-0.25, -0.2) is 10.8 Å². The summed E-state index contributed by atoms with van der Waals surface area (Å²) in [5.74, 6) is 5.83. The van der Waals surface area contributed by atoms with E-state index in [-0.39, 0.29) is 11.5 Å². The molecule has 1 heterocycles. The van der Waals surface area contributed by atoms with E-state index in [2.05, 4.69) is 15.7 Å². The third-order valence-corrected chi connectivity index (χ3v) is 2.80. The Morgan fingerprint density at radius 3 is 2.57 bits per heavy atom. The first-order valence-corrected chi connectivity index (χ1v) is 6.17. The molecule has 4 N–H and O–H groups in total. The first kappa shape index (κ1) is 14.5. The minimum absolute atomic E-state index is 0.0933. The summed E-state index contributed by atoms with van der Waals surface area (Å²) in [7, 11) is 3.86. The fourth-order valence-electron chi connectivity index (χ4n) is 1.77. The van der Waals surface area contributed by atoms with E-state index in [1.165, 1.54) is 12.1 Å². The molecule has 8 nitrogen and oxygen atoms in total. The van der Waals surface area contributed by atoms with Gasteiger partial charge in [0.05, 0.1) is 17.1 Å². The highest BCUT2D eigenvalue weighted by Gasteiger charge is 2.11. The highest BCUT2D eigenvalue weighted by molar-refractivity contribution is 5.65. The maximum Gasteiger partial charge on any atom is 0.276 e. The third kappa shape index (κ3) is 3.57. The van der Waals surface area contributed by atoms with Crippen LogP contribution < -0.4 is 21.5 Å². The number of hydrogen-bond acceptors (Lipinski definition) is 7. The lowest BCUT2D eigenvalue weighted by Gasteiger charge is -2.14. The summed E-state index contributed by atoms with van der Waals surface area (Å²) >= 11 is 0. The number of nitrogens with two attached hydrogens (primary N) is 1. The first-order valence-electron chi connectivity index (χ1n) is 6.17. The number of rotatable bonds is 5. The van der Waals surface area contributed by atoms with E-state index >= 15 is 0 Å². The smallest absolute Gasteiger partial charge is 0.276 e. The largest absolute Gasteiger partial charge is 0.378 e. The van der Waals surface area contributed by atoms with Crippen molar-refractivity contribution in [2.45, 2.75) is 0 Å². The van der Waals surface area contributed by atoms with Gasteiger partial charge in [0.25, 0.3) is 5.69 Å². The summed E-state index contributed by atoms with van der Waals surface area (Å²) in [6.45, 7) is 0. The van der Waals surface area contributed by atoms with E-state index in [1.807, 2.05) is 43.3 Å². The Morgan fingerprint density at radius 1 is 1.24 bits per heavy atom. The van der Waals surface area contributed by atoms with Gasteiger partial charge in [0.2, 0.25) is 0 Å². The number of anilines is 4. The van der Waals surface area contributed by atoms with Crippen LogP contribution in [0.1, 0.15) is 0 Å². The molecule has 21 heavy (non-hydrogen) atoms. The summed E-state index contributed by atoms with van der Waals surface area (Å²) < 4.78 is 0. The molecule has 2 rings (SSSR count). The normalized spacial score (nSPS) is 10.0. The Hall–Kier alpha value is -2.87. The van der Waals surface area contributed by atoms with Crippen LogP contribution in [0.3, 0.4) is 0 Å². The lowest BCUT2D eigenvalue weighted by molar-refractivity contribution is -0.384. The van der Waals surface area contributed by atoms with Crippen LogP contribution in [-0.4, -0.2) is 24.0 Å². The second-order valence-corrected chi connectivity index (χ2v) is 4.57. The molecule has 1 aromatic carbocycles. The zero-order valence-electron chi connectivity index (χ0n) is 11.7. The molecule has 0 unspecified atom stereocenters. The van der Waals surface area contributed by atoms with Crippen molar-refractivity contribution in [1.29, 1.82) is 0 Å². The maximum absolute atomic E-state index is 10.9. The number of nitro groups is 1. The van der Waals surface area contributed by atoms with Crippen LogP contribution in [0, 0.1) is 10.1 Å². The minimum atomic E-state index is -0.496. The number of aromatic nitrogens is 1. The summed E-state index contributed by atoms with van der Waals surface area (Å²) in [4.78, 5) is 16.5. The van der Waals surface area contributed by atoms with Gasteiger partial charge in [0.1, 0.15) is 11.6 Å². The van der Waals surface area contributed by atoms with Gasteiger partial charge in [-0.05, 0) is 18.2 Å². The van der Waals surface area contributed by atoms with Crippen molar-refractivity contribution in [2.24, 2.45) is 5.84 Å². The Balaban J connectivity index is 2.32. The number of nitrogen functional groups attached to an aromatic ring is 1. The fraction of sp³-hybridized carbons (Fsp3) is 0.154. The van der Waals surface area contributed by atoms with Gasteiger partial charge in [0.15, 0.2) is 0 Å². The Kier molecular flexibility index (Phi) is 4.19. The quantitative estimate of drug-likeness (QED) is 0.439. The summed E-state index contributed by atoms with van der Waals surface area (Å²) in [5.41, 5.74) is 4.00. The molecular weight excluding hydrogens is 272 g/mol. The standard InChI is InChI=1S/C13H16N6O2/c1-18(2)10-5-3-4-9(6-10)15-12-7-11(19(20)21)8-13(16-12)17-14/h3-8H,14H2,1-2H3,(H2,15,16,17). The highest BCUT2D eigenvalue weighted by Crippen LogP contribution is 2.24. The molecule has 0 atom stereocenters. The van der Waals surface area contributed by atoms with Crippen molar-refractivity contribution < 1.29 is 4.92 Å². The molecule has 1 aromatic heterocycles. The van der Waals surface area contributed by atoms with Crippen LogP contribution in [0.2, 0.25) is 0 Å². The van der Waals surface area contributed by atoms with E-state index < -0.39 is 4.92 Å². The summed E-state index contributed by atoms with van der Waals surface area (Å²) in [5, 5.41) is 13.9. The zero-order valence-corrected chi connectivity index (χ0v) is 11.7. The van der Waals surface area contributed by atoms with Crippen molar-refractivity contribution in [2.75, 3.05) is 29.7 Å². The number of hydrazine groups is 1. The van der Waals surface area contributed by atoms with Crippen LogP contribution in [0.15, 0.2) is 36.4 Å². The second-order valence-electron chi connectivity index (χ2n) is 4.57. The second kappa shape index (κ2) is 6.06. The SMILES string of the molecule is CN(C)c1cccc(Nc2cc([N+](=O)[O-])cc(NN)n2)c1. The van der Waals surface area contributed by atoms with Gasteiger partial charge in [-0.1, -0.05) is 6.07 Å². The predicted octanol–water partition coefficient (Wildman–Crippen LogP) is 2.08. The Bertz CT molecular complexity index is 659. The molecule has 0 aliphatic carbocycles. The average Bonchev–Trinajstić information content (AvgIpc) is 2.47. The van der Waals surface area contributed by atoms with E-state index in [0.717, 1.165) is 11.4 Å². The van der Waals surface area contributed by atoms with Gasteiger partial charge >= 0.3 is 0 Å². The maximum atomic E-state index is 10.9. The van der Waals surface area contributed by atoms with E-state index in [1.54, 1.807) is 0 Å². The third-order valence-electron chi connectivity index (χ3n) is 2.80. The van der Waals surface area contributed by atoms with Crippen LogP contribution >= 0.6 is 0 Å². The molecule has 0 aliphatic heterocycles. The molecule has 110 valence electrons. The molecule has 0 saturated heterocycles. The first-order chi connectivity index (χ1) is 9.99. The van der Waals surface area contributed by atoms with Crippen LogP contribution in [0.4, 0.5) is 28.7 Å². The van der Waals surface area contributed by atoms with E-state index in [0.29, 0.717) is 5.82 Å². The molecule has 8 heteroatoms. The molecule has 0 amide bonds. The monoisotopic (exact) mass is 288 g/mol. The molecule has 0 spiro atoms. The molecular formula is C13H16N6O2. The van der Waals surface area contributed by atoms with Gasteiger partial charge in [-0.15, -0.1) is 0 Å². The molecule has 0 radical (unpaired) electrons. The zero-order chi connectivity index (χ0) is 15.4. The van der Waals surface area contributed by atoms with Crippen molar-refractivity contribution in [3.8, 4) is 0 Å². The molecule has 0 saturated carbocycles. The Labute approximate surface area is 121 Å². The summed E-state index contributed by atoms with van der Waals surface area (Å²) in [6, 6.07) is 10.2. The number of hydrogen-bond donors (Lipinski definition) is 3. The van der Waals surface area contributed by atoms with Crippen molar-refractivity contribution in [1.82, 2.24) is 4.98 Å². The molecule has 0 bridgehead atoms. The topological polar surface area (TPSA) is 109 Å². The van der Waals surface area contributed by atoms with Crippen LogP contribution in [0.5, 0.6) is 0 Å². The molecule has 0 aliphatic rings. The van der Waals surface area contributed by atoms with Crippen LogP contribution in [0.25, 0.3) is 0 Å². The van der Waals surface area contributed by atoms with Gasteiger partial charge in [0, 0.05) is 25.5 Å². The van der Waals surface area contributed by atoms with Crippen molar-refractivity contribution in [3.05, 3.63) is 46.5 Å². The van der Waals surface area contributed by atoms with Crippen molar-refractivity contribution >= 4 is 28.7 Å². The number of pyridine rings is 1. The van der Waals surface area contributed by atoms with Crippen LogP contribution in [-0.2, 0) is 0 Å². The Morgan fingerprint density at radius 2 is 1.95 bits per heavy atom. The lowest BCUT2D eigenvalue weighted by Crippen LogP contribution is -2.10. The van der Waals surface area contributed by atoms with E-state index in [4.69, 9.17) is 5.84 Å². The van der Waals surface area contributed by atoms with Gasteiger partial charge in [-0.2, -0.15) is 0 Å². The van der Waals surface area contributed by atoms with Gasteiger partial charge in [-0.3, -0.25) is 10.1 Å². The molecule has 2 aromatic rings. The number of benzene rings is 1. The predicted molar refractivity (Wildman–Crippen MR) is 82.8 cm³/mol. The highest BCUT2D eigenvalue weighted by atomic mass is 16.6. The minimum Gasteiger partial charge on any atom is -0.378 e. The van der Waals surface area contributed by atoms with Gasteiger partial charge < -0.3 is 15.6 Å². The lowest BCUT2D eigenvalue weighted by atomic mass is 10.2. The summed E-state index contributed by atoms with van der Waals surface area (Å²) in [6.07, 6.45) is 0. The average molecular weight is 288 g/mol. The molecule has 0 fully saturated rings.